The van der Waals surface area contributed by atoms with Crippen LogP contribution in [-0.4, -0.2) is 13.2 Å². The fraction of sp³-hybridized carbons (Fsp3) is 0.391. The molecular weight excluding hydrogens is 384 g/mol. The first kappa shape index (κ1) is 20.0. The third-order valence-corrected chi connectivity index (χ3v) is 5.83. The molecule has 0 radical (unpaired) electrons. The summed E-state index contributed by atoms with van der Waals surface area (Å²) in [6, 6.07) is 5.06. The van der Waals surface area contributed by atoms with Gasteiger partial charge < -0.3 is 9.47 Å². The average molecular weight is 406 g/mol. The van der Waals surface area contributed by atoms with Crippen LogP contribution >= 0.6 is 0 Å². The number of hydrogen-bond donors (Lipinski definition) is 0. The molecule has 0 N–H and O–H groups in total. The predicted octanol–water partition coefficient (Wildman–Crippen LogP) is 6.35. The van der Waals surface area contributed by atoms with Crippen LogP contribution < -0.4 is 4.74 Å². The van der Waals surface area contributed by atoms with Crippen molar-refractivity contribution < 1.29 is 27.0 Å². The highest BCUT2D eigenvalue weighted by molar-refractivity contribution is 5.66. The van der Waals surface area contributed by atoms with E-state index in [0.29, 0.717) is 19.1 Å². The second kappa shape index (κ2) is 8.19. The van der Waals surface area contributed by atoms with Gasteiger partial charge in [-0.15, -0.1) is 6.58 Å². The lowest BCUT2D eigenvalue weighted by atomic mass is 9.82. The molecule has 1 heterocycles. The van der Waals surface area contributed by atoms with Crippen molar-refractivity contribution in [1.82, 2.24) is 0 Å². The Kier molecular flexibility index (Phi) is 5.63. The van der Waals surface area contributed by atoms with Crippen molar-refractivity contribution in [2.75, 3.05) is 13.2 Å². The minimum absolute atomic E-state index is 0.0817. The smallest absolute Gasteiger partial charge is 0.201 e. The largest absolute Gasteiger partial charge is 0.490 e. The van der Waals surface area contributed by atoms with Crippen LogP contribution in [0.15, 0.2) is 36.9 Å². The molecular formula is C23H22F4O2. The van der Waals surface area contributed by atoms with Gasteiger partial charge in [0, 0.05) is 16.7 Å². The molecule has 29 heavy (non-hydrogen) atoms. The van der Waals surface area contributed by atoms with Crippen LogP contribution in [0.3, 0.4) is 0 Å². The van der Waals surface area contributed by atoms with Crippen LogP contribution in [0, 0.1) is 35.1 Å². The highest BCUT2D eigenvalue weighted by atomic mass is 19.2. The van der Waals surface area contributed by atoms with Crippen LogP contribution in [0.2, 0.25) is 0 Å². The van der Waals surface area contributed by atoms with Crippen molar-refractivity contribution in [3.8, 4) is 16.9 Å². The Hall–Kier alpha value is -2.34. The molecule has 1 atom stereocenters. The lowest BCUT2D eigenvalue weighted by Gasteiger charge is -2.26. The number of ether oxygens (including phenoxy) is 2. The molecule has 1 saturated heterocycles. The summed E-state index contributed by atoms with van der Waals surface area (Å²) in [6.45, 7) is 4.42. The van der Waals surface area contributed by atoms with Gasteiger partial charge in [-0.1, -0.05) is 18.2 Å². The van der Waals surface area contributed by atoms with Gasteiger partial charge in [0.15, 0.2) is 23.2 Å². The highest BCUT2D eigenvalue weighted by Gasteiger charge is 2.31. The normalized spacial score (nSPS) is 23.7. The molecule has 2 fully saturated rings. The van der Waals surface area contributed by atoms with E-state index in [9.17, 15) is 17.6 Å². The molecule has 1 aliphatic carbocycles. The minimum Gasteiger partial charge on any atom is -0.490 e. The molecule has 2 nitrogen and oxygen atoms in total. The number of rotatable bonds is 6. The quantitative estimate of drug-likeness (QED) is 0.317. The van der Waals surface area contributed by atoms with Crippen LogP contribution in [0.1, 0.15) is 37.4 Å². The zero-order valence-electron chi connectivity index (χ0n) is 15.9. The van der Waals surface area contributed by atoms with Gasteiger partial charge in [0.2, 0.25) is 5.82 Å². The molecule has 2 aromatic carbocycles. The van der Waals surface area contributed by atoms with Crippen molar-refractivity contribution in [2.24, 2.45) is 11.8 Å². The van der Waals surface area contributed by atoms with Crippen molar-refractivity contribution in [3.05, 3.63) is 65.8 Å². The van der Waals surface area contributed by atoms with Crippen LogP contribution in [0.25, 0.3) is 11.1 Å². The number of halogens is 4. The summed E-state index contributed by atoms with van der Waals surface area (Å²) >= 11 is 0. The maximum absolute atomic E-state index is 14.6. The van der Waals surface area contributed by atoms with Crippen molar-refractivity contribution in [1.29, 1.82) is 0 Å². The molecule has 2 aliphatic rings. The van der Waals surface area contributed by atoms with E-state index in [1.165, 1.54) is 24.3 Å². The molecule has 1 unspecified atom stereocenters. The number of allylic oxidation sites excluding steroid dienone is 1. The SMILES string of the molecule is C=CC1CCC(COc2ccc(-c3ccc(C4CO4)c(F)c3F)c(F)c2F)CC1. The van der Waals surface area contributed by atoms with E-state index in [-0.39, 0.29) is 28.4 Å². The molecule has 2 aromatic rings. The summed E-state index contributed by atoms with van der Waals surface area (Å²) in [5.41, 5.74) is -0.600. The van der Waals surface area contributed by atoms with E-state index < -0.39 is 29.4 Å². The van der Waals surface area contributed by atoms with Gasteiger partial charge in [-0.3, -0.25) is 0 Å². The highest BCUT2D eigenvalue weighted by Crippen LogP contribution is 2.38. The summed E-state index contributed by atoms with van der Waals surface area (Å²) in [5, 5.41) is 0. The number of benzene rings is 2. The van der Waals surface area contributed by atoms with Gasteiger partial charge in [0.05, 0.1) is 13.2 Å². The van der Waals surface area contributed by atoms with E-state index in [0.717, 1.165) is 25.7 Å². The Morgan fingerprint density at radius 3 is 2.14 bits per heavy atom. The molecule has 0 spiro atoms. The van der Waals surface area contributed by atoms with E-state index in [2.05, 4.69) is 6.58 Å². The maximum atomic E-state index is 14.6. The van der Waals surface area contributed by atoms with Gasteiger partial charge in [0.1, 0.15) is 6.10 Å². The summed E-state index contributed by atoms with van der Waals surface area (Å²) < 4.78 is 68.3. The number of hydrogen-bond acceptors (Lipinski definition) is 2. The lowest BCUT2D eigenvalue weighted by Crippen LogP contribution is -2.19. The van der Waals surface area contributed by atoms with Crippen molar-refractivity contribution >= 4 is 0 Å². The molecule has 1 saturated carbocycles. The van der Waals surface area contributed by atoms with E-state index in [1.807, 2.05) is 6.08 Å². The van der Waals surface area contributed by atoms with Crippen LogP contribution in [0.4, 0.5) is 17.6 Å². The first-order chi connectivity index (χ1) is 14.0. The third-order valence-electron chi connectivity index (χ3n) is 5.83. The molecule has 0 bridgehead atoms. The van der Waals surface area contributed by atoms with E-state index in [4.69, 9.17) is 9.47 Å². The Labute approximate surface area is 167 Å². The Morgan fingerprint density at radius 1 is 0.897 bits per heavy atom. The summed E-state index contributed by atoms with van der Waals surface area (Å²) in [7, 11) is 0. The maximum Gasteiger partial charge on any atom is 0.201 e. The molecule has 154 valence electrons. The average Bonchev–Trinajstić information content (AvgIpc) is 3.57. The van der Waals surface area contributed by atoms with Gasteiger partial charge in [-0.2, -0.15) is 4.39 Å². The van der Waals surface area contributed by atoms with Crippen LogP contribution in [0.5, 0.6) is 5.75 Å². The van der Waals surface area contributed by atoms with Gasteiger partial charge in [-0.25, -0.2) is 13.2 Å². The monoisotopic (exact) mass is 406 g/mol. The van der Waals surface area contributed by atoms with Gasteiger partial charge in [0.25, 0.3) is 0 Å². The number of epoxide rings is 1. The van der Waals surface area contributed by atoms with Gasteiger partial charge in [-0.05, 0) is 49.7 Å². The second-order valence-electron chi connectivity index (χ2n) is 7.72. The van der Waals surface area contributed by atoms with E-state index in [1.54, 1.807) is 0 Å². The van der Waals surface area contributed by atoms with Crippen molar-refractivity contribution in [2.45, 2.75) is 31.8 Å². The fourth-order valence-corrected chi connectivity index (χ4v) is 3.90. The molecule has 1 aliphatic heterocycles. The summed E-state index contributed by atoms with van der Waals surface area (Å²) in [5.74, 6) is -4.21. The first-order valence-electron chi connectivity index (χ1n) is 9.82. The van der Waals surface area contributed by atoms with Gasteiger partial charge >= 0.3 is 0 Å². The summed E-state index contributed by atoms with van der Waals surface area (Å²) in [4.78, 5) is 0. The topological polar surface area (TPSA) is 21.8 Å². The molecule has 0 amide bonds. The molecule has 0 aromatic heterocycles. The zero-order chi connectivity index (χ0) is 20.5. The molecule has 6 heteroatoms. The minimum atomic E-state index is -1.26. The lowest BCUT2D eigenvalue weighted by molar-refractivity contribution is 0.188. The Bertz CT molecular complexity index is 916. The van der Waals surface area contributed by atoms with Crippen molar-refractivity contribution in [3.63, 3.8) is 0 Å². The first-order valence-corrected chi connectivity index (χ1v) is 9.82. The fourth-order valence-electron chi connectivity index (χ4n) is 3.90. The Morgan fingerprint density at radius 2 is 1.52 bits per heavy atom. The van der Waals surface area contributed by atoms with Crippen LogP contribution in [-0.2, 0) is 4.74 Å². The molecule has 4 rings (SSSR count). The Balaban J connectivity index is 1.50. The third kappa shape index (κ3) is 4.04. The predicted molar refractivity (Wildman–Crippen MR) is 102 cm³/mol. The van der Waals surface area contributed by atoms with E-state index >= 15 is 0 Å². The standard InChI is InChI=1S/C23H22F4O2/c1-2-13-3-5-14(6-4-13)11-28-18-10-9-16(21(25)23(18)27)15-7-8-17(19-12-29-19)22(26)20(15)24/h2,7-10,13-14,19H,1,3-6,11-12H2. The second-order valence-corrected chi connectivity index (χ2v) is 7.72. The summed E-state index contributed by atoms with van der Waals surface area (Å²) in [6.07, 6.45) is 5.40. The zero-order valence-corrected chi connectivity index (χ0v) is 15.9.